The molecule has 1 saturated heterocycles. The average molecular weight is 239 g/mol. The highest BCUT2D eigenvalue weighted by Crippen LogP contribution is 2.38. The van der Waals surface area contributed by atoms with E-state index in [4.69, 9.17) is 4.74 Å². The average Bonchev–Trinajstić information content (AvgIpc) is 2.63. The standard InChI is InChI=1S/C14H25NO2/c1-9(2)7-11-8-13(15-10(3)16)12-5-4-6-14(12)17-11/h9,11-14H,4-8H2,1-3H3,(H,15,16)/t11-,12-,13+,14+/m0/s1. The number of hydrogen-bond acceptors (Lipinski definition) is 2. The third-order valence-electron chi connectivity index (χ3n) is 4.03. The number of ether oxygens (including phenoxy) is 1. The van der Waals surface area contributed by atoms with Gasteiger partial charge in [0.2, 0.25) is 5.91 Å². The van der Waals surface area contributed by atoms with Crippen molar-refractivity contribution in [1.82, 2.24) is 5.32 Å². The molecule has 0 radical (unpaired) electrons. The Bertz CT molecular complexity index is 277. The summed E-state index contributed by atoms with van der Waals surface area (Å²) in [5.41, 5.74) is 0. The van der Waals surface area contributed by atoms with Crippen LogP contribution in [0.25, 0.3) is 0 Å². The van der Waals surface area contributed by atoms with Crippen LogP contribution in [0.3, 0.4) is 0 Å². The molecule has 17 heavy (non-hydrogen) atoms. The summed E-state index contributed by atoms with van der Waals surface area (Å²) < 4.78 is 6.18. The van der Waals surface area contributed by atoms with Crippen molar-refractivity contribution in [3.05, 3.63) is 0 Å². The highest BCUT2D eigenvalue weighted by Gasteiger charge is 2.41. The predicted octanol–water partition coefficient (Wildman–Crippen LogP) is 2.49. The van der Waals surface area contributed by atoms with Crippen molar-refractivity contribution in [2.45, 2.75) is 71.1 Å². The topological polar surface area (TPSA) is 38.3 Å². The molecular weight excluding hydrogens is 214 g/mol. The quantitative estimate of drug-likeness (QED) is 0.821. The maximum atomic E-state index is 11.3. The van der Waals surface area contributed by atoms with E-state index in [1.807, 2.05) is 0 Å². The second-order valence-corrected chi connectivity index (χ2v) is 6.06. The van der Waals surface area contributed by atoms with Gasteiger partial charge in [-0.05, 0) is 31.6 Å². The number of carbonyl (C=O) groups excluding carboxylic acids is 1. The Morgan fingerprint density at radius 2 is 2.18 bits per heavy atom. The maximum absolute atomic E-state index is 11.3. The molecule has 1 aliphatic carbocycles. The summed E-state index contributed by atoms with van der Waals surface area (Å²) in [5, 5.41) is 3.14. The highest BCUT2D eigenvalue weighted by atomic mass is 16.5. The first-order valence-electron chi connectivity index (χ1n) is 6.99. The van der Waals surface area contributed by atoms with Gasteiger partial charge in [0.1, 0.15) is 0 Å². The van der Waals surface area contributed by atoms with Gasteiger partial charge in [0.25, 0.3) is 0 Å². The zero-order valence-electron chi connectivity index (χ0n) is 11.2. The molecule has 1 aliphatic heterocycles. The van der Waals surface area contributed by atoms with E-state index in [1.54, 1.807) is 6.92 Å². The van der Waals surface area contributed by atoms with Crippen LogP contribution >= 0.6 is 0 Å². The fraction of sp³-hybridized carbons (Fsp3) is 0.929. The normalized spacial score (nSPS) is 36.9. The lowest BCUT2D eigenvalue weighted by molar-refractivity contribution is -0.125. The number of nitrogens with one attached hydrogen (secondary N) is 1. The largest absolute Gasteiger partial charge is 0.375 e. The van der Waals surface area contributed by atoms with Crippen LogP contribution in [-0.2, 0) is 9.53 Å². The van der Waals surface area contributed by atoms with E-state index >= 15 is 0 Å². The van der Waals surface area contributed by atoms with Crippen LogP contribution in [0.1, 0.15) is 52.9 Å². The van der Waals surface area contributed by atoms with Gasteiger partial charge in [-0.25, -0.2) is 0 Å². The van der Waals surface area contributed by atoms with Gasteiger partial charge in [0, 0.05) is 18.9 Å². The fourth-order valence-electron chi connectivity index (χ4n) is 3.45. The molecule has 0 spiro atoms. The van der Waals surface area contributed by atoms with Crippen LogP contribution in [-0.4, -0.2) is 24.2 Å². The lowest BCUT2D eigenvalue weighted by Gasteiger charge is -2.39. The predicted molar refractivity (Wildman–Crippen MR) is 67.7 cm³/mol. The molecule has 0 bridgehead atoms. The lowest BCUT2D eigenvalue weighted by atomic mass is 9.86. The van der Waals surface area contributed by atoms with E-state index in [9.17, 15) is 4.79 Å². The van der Waals surface area contributed by atoms with E-state index in [1.165, 1.54) is 19.3 Å². The monoisotopic (exact) mass is 239 g/mol. The molecular formula is C14H25NO2. The minimum atomic E-state index is 0.103. The summed E-state index contributed by atoms with van der Waals surface area (Å²) in [7, 11) is 0. The van der Waals surface area contributed by atoms with Crippen molar-refractivity contribution in [3.63, 3.8) is 0 Å². The van der Waals surface area contributed by atoms with Gasteiger partial charge in [0.15, 0.2) is 0 Å². The van der Waals surface area contributed by atoms with E-state index in [2.05, 4.69) is 19.2 Å². The summed E-state index contributed by atoms with van der Waals surface area (Å²) in [6.45, 7) is 6.09. The number of amides is 1. The van der Waals surface area contributed by atoms with Gasteiger partial charge in [-0.3, -0.25) is 4.79 Å². The van der Waals surface area contributed by atoms with Crippen LogP contribution in [0.5, 0.6) is 0 Å². The Hall–Kier alpha value is -0.570. The van der Waals surface area contributed by atoms with E-state index < -0.39 is 0 Å². The smallest absolute Gasteiger partial charge is 0.217 e. The van der Waals surface area contributed by atoms with Gasteiger partial charge < -0.3 is 10.1 Å². The minimum absolute atomic E-state index is 0.103. The SMILES string of the molecule is CC(=O)N[C@@H]1C[C@H](CC(C)C)O[C@@H]2CCC[C@@H]12. The second-order valence-electron chi connectivity index (χ2n) is 6.06. The Kier molecular flexibility index (Phi) is 4.08. The van der Waals surface area contributed by atoms with Crippen LogP contribution in [0, 0.1) is 11.8 Å². The molecule has 0 aromatic rings. The molecule has 0 unspecified atom stereocenters. The van der Waals surface area contributed by atoms with Gasteiger partial charge >= 0.3 is 0 Å². The van der Waals surface area contributed by atoms with E-state index in [0.29, 0.717) is 30.1 Å². The number of rotatable bonds is 3. The van der Waals surface area contributed by atoms with Gasteiger partial charge in [-0.1, -0.05) is 20.3 Å². The second kappa shape index (κ2) is 5.38. The third-order valence-corrected chi connectivity index (χ3v) is 4.03. The third kappa shape index (κ3) is 3.21. The van der Waals surface area contributed by atoms with Crippen LogP contribution < -0.4 is 5.32 Å². The van der Waals surface area contributed by atoms with Gasteiger partial charge in [0.05, 0.1) is 12.2 Å². The summed E-state index contributed by atoms with van der Waals surface area (Å²) in [6, 6.07) is 0.345. The molecule has 2 fully saturated rings. The molecule has 0 aromatic heterocycles. The Morgan fingerprint density at radius 3 is 2.82 bits per heavy atom. The van der Waals surface area contributed by atoms with Crippen molar-refractivity contribution < 1.29 is 9.53 Å². The molecule has 2 aliphatic rings. The molecule has 1 heterocycles. The number of carbonyl (C=O) groups is 1. The van der Waals surface area contributed by atoms with Crippen molar-refractivity contribution in [1.29, 1.82) is 0 Å². The molecule has 1 saturated carbocycles. The van der Waals surface area contributed by atoms with Gasteiger partial charge in [-0.15, -0.1) is 0 Å². The number of fused-ring (bicyclic) bond motifs is 1. The fourth-order valence-corrected chi connectivity index (χ4v) is 3.45. The van der Waals surface area contributed by atoms with Crippen LogP contribution in [0.2, 0.25) is 0 Å². The molecule has 1 N–H and O–H groups in total. The molecule has 0 aromatic carbocycles. The van der Waals surface area contributed by atoms with Crippen molar-refractivity contribution >= 4 is 5.91 Å². The zero-order valence-corrected chi connectivity index (χ0v) is 11.2. The van der Waals surface area contributed by atoms with Crippen LogP contribution in [0.15, 0.2) is 0 Å². The minimum Gasteiger partial charge on any atom is -0.375 e. The summed E-state index contributed by atoms with van der Waals surface area (Å²) in [5.74, 6) is 1.32. The van der Waals surface area contributed by atoms with Crippen molar-refractivity contribution in [2.75, 3.05) is 0 Å². The van der Waals surface area contributed by atoms with E-state index in [-0.39, 0.29) is 5.91 Å². The molecule has 1 amide bonds. The van der Waals surface area contributed by atoms with Crippen molar-refractivity contribution in [2.24, 2.45) is 11.8 Å². The molecule has 98 valence electrons. The Balaban J connectivity index is 1.99. The summed E-state index contributed by atoms with van der Waals surface area (Å²) in [4.78, 5) is 11.3. The summed E-state index contributed by atoms with van der Waals surface area (Å²) in [6.07, 6.45) is 6.48. The van der Waals surface area contributed by atoms with Crippen LogP contribution in [0.4, 0.5) is 0 Å². The Labute approximate surface area is 104 Å². The Morgan fingerprint density at radius 1 is 1.41 bits per heavy atom. The first kappa shape index (κ1) is 12.9. The molecule has 2 rings (SSSR count). The first-order chi connectivity index (χ1) is 8.06. The lowest BCUT2D eigenvalue weighted by Crippen LogP contribution is -2.50. The number of hydrogen-bond donors (Lipinski definition) is 1. The zero-order chi connectivity index (χ0) is 12.4. The highest BCUT2D eigenvalue weighted by molar-refractivity contribution is 5.73. The molecule has 3 heteroatoms. The maximum Gasteiger partial charge on any atom is 0.217 e. The van der Waals surface area contributed by atoms with Crippen molar-refractivity contribution in [3.8, 4) is 0 Å². The molecule has 4 atom stereocenters. The summed E-state index contributed by atoms with van der Waals surface area (Å²) >= 11 is 0. The first-order valence-corrected chi connectivity index (χ1v) is 6.99. The van der Waals surface area contributed by atoms with Gasteiger partial charge in [-0.2, -0.15) is 0 Å². The molecule has 3 nitrogen and oxygen atoms in total. The van der Waals surface area contributed by atoms with E-state index in [0.717, 1.165) is 12.8 Å².